The maximum Gasteiger partial charge on any atom is 0.220 e. The summed E-state index contributed by atoms with van der Waals surface area (Å²) in [7, 11) is 3.29. The van der Waals surface area contributed by atoms with Crippen molar-refractivity contribution in [2.24, 2.45) is 5.14 Å². The number of hydrogen-bond donors (Lipinski definition) is 5. The van der Waals surface area contributed by atoms with Gasteiger partial charge >= 0.3 is 0 Å². The molecule has 0 saturated carbocycles. The largest absolute Gasteiger partial charge is 0.508 e. The summed E-state index contributed by atoms with van der Waals surface area (Å²) in [4.78, 5) is 12.4. The van der Waals surface area contributed by atoms with Gasteiger partial charge in [0, 0.05) is 25.0 Å². The predicted octanol–water partition coefficient (Wildman–Crippen LogP) is 11.9. The highest BCUT2D eigenvalue weighted by Gasteiger charge is 2.10. The molecule has 318 valence electrons. The monoisotopic (exact) mass is 816 g/mol. The van der Waals surface area contributed by atoms with E-state index in [2.05, 4.69) is 17.4 Å². The average molecular weight is 817 g/mol. The van der Waals surface area contributed by atoms with Crippen LogP contribution >= 0.6 is 11.9 Å². The van der Waals surface area contributed by atoms with Crippen LogP contribution in [0.5, 0.6) is 40.2 Å². The third-order valence-corrected chi connectivity index (χ3v) is 8.44. The molecule has 0 aliphatic rings. The zero-order valence-corrected chi connectivity index (χ0v) is 37.5. The molecule has 6 N–H and O–H groups in total. The van der Waals surface area contributed by atoms with Gasteiger partial charge in [-0.1, -0.05) is 65.8 Å². The van der Waals surface area contributed by atoms with Crippen molar-refractivity contribution in [3.8, 4) is 40.2 Å². The number of aliphatic hydroxyl groups is 1. The summed E-state index contributed by atoms with van der Waals surface area (Å²) in [6, 6.07) is 29.2. The number of benzene rings is 5. The standard InChI is InChI=1S/C18H21NO3.C17H20O3.C7H9NOS.3C2H6/c1-12-10-14(4-9-17(21)19-3)11-13(2)18(12)22-16-7-5-15(20)6-8-16;1-12-10-14(4-3-9-18)11-13(2)17(12)20-16-7-5-15(19)6-8-16;1-9-6-2-4-7(10-8)5-3-6;3*1-2/h5-8,10-11,20H,4,9H2,1-3H3,(H,19,21);5-8,10-11,18-19H,3-4,9H2,1-2H3;2-5H,8H2,1H3;3*1-2H3. The number of phenols is 2. The van der Waals surface area contributed by atoms with Gasteiger partial charge in [-0.25, -0.2) is 0 Å². The van der Waals surface area contributed by atoms with Crippen LogP contribution in [0.4, 0.5) is 0 Å². The van der Waals surface area contributed by atoms with E-state index in [-0.39, 0.29) is 24.0 Å². The lowest BCUT2D eigenvalue weighted by Gasteiger charge is -2.14. The van der Waals surface area contributed by atoms with Crippen LogP contribution in [-0.2, 0) is 17.6 Å². The Hall–Kier alpha value is -5.16. The fraction of sp³-hybridized carbons (Fsp3) is 0.354. The number of aliphatic hydroxyl groups excluding tert-OH is 1. The quantitative estimate of drug-likeness (QED) is 0.0777. The summed E-state index contributed by atoms with van der Waals surface area (Å²) in [5.74, 6) is 4.39. The molecule has 0 bridgehead atoms. The zero-order valence-electron chi connectivity index (χ0n) is 36.7. The molecule has 1 amide bonds. The molecule has 0 aliphatic carbocycles. The lowest BCUT2D eigenvalue weighted by Crippen LogP contribution is -2.17. The molecule has 0 saturated heterocycles. The van der Waals surface area contributed by atoms with Gasteiger partial charge in [0.2, 0.25) is 5.91 Å². The first-order valence-corrected chi connectivity index (χ1v) is 20.8. The third-order valence-electron chi connectivity index (χ3n) is 7.89. The van der Waals surface area contributed by atoms with Crippen LogP contribution in [0.3, 0.4) is 0 Å². The highest BCUT2D eigenvalue weighted by Crippen LogP contribution is 2.32. The van der Waals surface area contributed by atoms with Crippen molar-refractivity contribution in [1.29, 1.82) is 0 Å². The number of phenolic OH excluding ortho intramolecular Hbond substituents is 2. The summed E-state index contributed by atoms with van der Waals surface area (Å²) < 4.78 is 16.8. The summed E-state index contributed by atoms with van der Waals surface area (Å²) in [6.45, 7) is 20.2. The second-order valence-electron chi connectivity index (χ2n) is 12.1. The number of rotatable bonds is 12. The molecular formula is C48H68N2O7S. The van der Waals surface area contributed by atoms with Crippen LogP contribution < -0.4 is 24.7 Å². The number of nitrogens with two attached hydrogens (primary N) is 1. The fourth-order valence-corrected chi connectivity index (χ4v) is 5.57. The minimum Gasteiger partial charge on any atom is -0.508 e. The van der Waals surface area contributed by atoms with Gasteiger partial charge in [0.15, 0.2) is 0 Å². The molecule has 0 atom stereocenters. The molecule has 10 heteroatoms. The minimum atomic E-state index is 0.0414. The summed E-state index contributed by atoms with van der Waals surface area (Å²) >= 11 is 1.23. The van der Waals surface area contributed by atoms with Crippen LogP contribution in [0.25, 0.3) is 0 Å². The second kappa shape index (κ2) is 30.9. The van der Waals surface area contributed by atoms with Crippen LogP contribution in [0.15, 0.2) is 102 Å². The first-order valence-electron chi connectivity index (χ1n) is 19.9. The van der Waals surface area contributed by atoms with Crippen LogP contribution in [0.2, 0.25) is 0 Å². The van der Waals surface area contributed by atoms with E-state index in [0.29, 0.717) is 24.3 Å². The summed E-state index contributed by atoms with van der Waals surface area (Å²) in [6.07, 6.45) is 2.84. The normalized spacial score (nSPS) is 9.48. The van der Waals surface area contributed by atoms with Crippen LogP contribution in [0, 0.1) is 27.7 Å². The number of aryl methyl sites for hydroxylation is 6. The molecule has 0 fully saturated rings. The van der Waals surface area contributed by atoms with Gasteiger partial charge in [0.25, 0.3) is 0 Å². The molecule has 58 heavy (non-hydrogen) atoms. The number of aromatic hydroxyl groups is 2. The summed E-state index contributed by atoms with van der Waals surface area (Å²) in [5.41, 5.74) is 6.54. The molecular weight excluding hydrogens is 749 g/mol. The van der Waals surface area contributed by atoms with E-state index >= 15 is 0 Å². The highest BCUT2D eigenvalue weighted by atomic mass is 32.2. The van der Waals surface area contributed by atoms with E-state index in [1.165, 1.54) is 17.5 Å². The van der Waals surface area contributed by atoms with E-state index in [1.54, 1.807) is 62.7 Å². The molecule has 0 aromatic heterocycles. The lowest BCUT2D eigenvalue weighted by atomic mass is 10.0. The van der Waals surface area contributed by atoms with Crippen molar-refractivity contribution in [3.63, 3.8) is 0 Å². The van der Waals surface area contributed by atoms with Crippen molar-refractivity contribution in [1.82, 2.24) is 5.32 Å². The van der Waals surface area contributed by atoms with E-state index < -0.39 is 0 Å². The van der Waals surface area contributed by atoms with Gasteiger partial charge in [-0.15, -0.1) is 0 Å². The van der Waals surface area contributed by atoms with Crippen molar-refractivity contribution in [2.75, 3.05) is 20.8 Å². The Balaban J connectivity index is 0.000000828. The Morgan fingerprint density at radius 2 is 0.983 bits per heavy atom. The number of ether oxygens (including phenoxy) is 3. The Labute approximate surface area is 352 Å². The fourth-order valence-electron chi connectivity index (χ4n) is 5.27. The van der Waals surface area contributed by atoms with Crippen molar-refractivity contribution < 1.29 is 34.3 Å². The Morgan fingerprint density at radius 3 is 1.31 bits per heavy atom. The Kier molecular flexibility index (Phi) is 28.2. The number of amides is 1. The first kappa shape index (κ1) is 52.8. The Morgan fingerprint density at radius 1 is 0.621 bits per heavy atom. The van der Waals surface area contributed by atoms with Gasteiger partial charge in [-0.05, 0) is 165 Å². The molecule has 5 aromatic carbocycles. The van der Waals surface area contributed by atoms with Crippen molar-refractivity contribution >= 4 is 17.9 Å². The smallest absolute Gasteiger partial charge is 0.220 e. The average Bonchev–Trinajstić information content (AvgIpc) is 3.25. The van der Waals surface area contributed by atoms with Gasteiger partial charge < -0.3 is 34.8 Å². The molecule has 0 spiro atoms. The highest BCUT2D eigenvalue weighted by molar-refractivity contribution is 7.97. The van der Waals surface area contributed by atoms with Crippen molar-refractivity contribution in [3.05, 3.63) is 130 Å². The third kappa shape index (κ3) is 19.8. The molecule has 5 rings (SSSR count). The number of carbonyl (C=O) groups is 1. The van der Waals surface area contributed by atoms with Gasteiger partial charge in [0.1, 0.15) is 40.2 Å². The summed E-state index contributed by atoms with van der Waals surface area (Å²) in [5, 5.41) is 35.4. The van der Waals surface area contributed by atoms with E-state index in [0.717, 1.165) is 62.8 Å². The first-order chi connectivity index (χ1) is 28.0. The number of methoxy groups -OCH3 is 1. The van der Waals surface area contributed by atoms with E-state index in [9.17, 15) is 15.0 Å². The maximum atomic E-state index is 11.3. The molecule has 9 nitrogen and oxygen atoms in total. The van der Waals surface area contributed by atoms with Gasteiger partial charge in [-0.2, -0.15) is 0 Å². The minimum absolute atomic E-state index is 0.0414. The van der Waals surface area contributed by atoms with Crippen LogP contribution in [-0.4, -0.2) is 42.0 Å². The Bertz CT molecular complexity index is 1780. The zero-order chi connectivity index (χ0) is 44.0. The molecule has 5 aromatic rings. The second-order valence-corrected chi connectivity index (χ2v) is 12.8. The topological polar surface area (TPSA) is 144 Å². The predicted molar refractivity (Wildman–Crippen MR) is 243 cm³/mol. The molecule has 0 unspecified atom stereocenters. The maximum absolute atomic E-state index is 11.3. The number of carbonyl (C=O) groups excluding carboxylic acids is 1. The number of hydrogen-bond acceptors (Lipinski definition) is 9. The lowest BCUT2D eigenvalue weighted by molar-refractivity contribution is -0.120. The number of nitrogens with one attached hydrogen (secondary N) is 1. The van der Waals surface area contributed by atoms with Crippen LogP contribution in [0.1, 0.15) is 87.8 Å². The SMILES string of the molecule is CC.CC.CC.CNC(=O)CCc1cc(C)c(Oc2ccc(O)cc2)c(C)c1.COc1ccc(SN)cc1.Cc1cc(CCCO)cc(C)c1Oc1ccc(O)cc1. The van der Waals surface area contributed by atoms with E-state index in [4.69, 9.17) is 24.5 Å². The molecule has 0 aliphatic heterocycles. The van der Waals surface area contributed by atoms with Gasteiger partial charge in [0.05, 0.1) is 7.11 Å². The van der Waals surface area contributed by atoms with Gasteiger partial charge in [-0.3, -0.25) is 9.93 Å². The molecule has 0 radical (unpaired) electrons. The van der Waals surface area contributed by atoms with Crippen molar-refractivity contribution in [2.45, 2.75) is 99.8 Å². The molecule has 0 heterocycles. The van der Waals surface area contributed by atoms with E-state index in [1.807, 2.05) is 106 Å².